The first-order chi connectivity index (χ1) is 7.49. The van der Waals surface area contributed by atoms with Crippen molar-refractivity contribution in [3.8, 4) is 0 Å². The van der Waals surface area contributed by atoms with Crippen LogP contribution in [0.4, 0.5) is 0 Å². The number of carbonyl (C=O) groups is 2. The first-order valence-electron chi connectivity index (χ1n) is 4.19. The minimum atomic E-state index is -0.403. The van der Waals surface area contributed by atoms with Gasteiger partial charge in [0.15, 0.2) is 8.68 Å². The molecule has 0 aromatic carbocycles. The second-order valence-electron chi connectivity index (χ2n) is 2.75. The van der Waals surface area contributed by atoms with E-state index in [-0.39, 0.29) is 11.0 Å². The highest BCUT2D eigenvalue weighted by molar-refractivity contribution is 8.04. The van der Waals surface area contributed by atoms with E-state index in [2.05, 4.69) is 10.2 Å². The van der Waals surface area contributed by atoms with E-state index >= 15 is 0 Å². The summed E-state index contributed by atoms with van der Waals surface area (Å²) in [5.41, 5.74) is 10.1. The number of thioether (sulfide) groups is 2. The number of aromatic nitrogens is 2. The van der Waals surface area contributed by atoms with Gasteiger partial charge in [-0.3, -0.25) is 9.59 Å². The minimum absolute atomic E-state index is 0.171. The third-order valence-electron chi connectivity index (χ3n) is 1.40. The van der Waals surface area contributed by atoms with Gasteiger partial charge in [0.05, 0.1) is 11.0 Å². The van der Waals surface area contributed by atoms with Crippen molar-refractivity contribution in [2.45, 2.75) is 20.9 Å². The van der Waals surface area contributed by atoms with Gasteiger partial charge < -0.3 is 11.5 Å². The summed E-state index contributed by atoms with van der Waals surface area (Å²) in [6.07, 6.45) is 0. The van der Waals surface area contributed by atoms with E-state index in [1.165, 1.54) is 34.9 Å². The lowest BCUT2D eigenvalue weighted by atomic mass is 10.5. The van der Waals surface area contributed by atoms with Crippen LogP contribution in [0.5, 0.6) is 0 Å². The van der Waals surface area contributed by atoms with Crippen molar-refractivity contribution in [2.24, 2.45) is 11.5 Å². The summed E-state index contributed by atoms with van der Waals surface area (Å²) >= 11 is 3.78. The summed E-state index contributed by atoms with van der Waals surface area (Å²) in [7, 11) is 0. The maximum Gasteiger partial charge on any atom is 0.230 e. The maximum absolute atomic E-state index is 10.8. The van der Waals surface area contributed by atoms with Crippen molar-refractivity contribution in [2.75, 3.05) is 5.75 Å². The molecule has 0 fully saturated rings. The fourth-order valence-corrected chi connectivity index (χ4v) is 3.50. The topological polar surface area (TPSA) is 112 Å². The van der Waals surface area contributed by atoms with E-state index in [9.17, 15) is 9.59 Å². The summed E-state index contributed by atoms with van der Waals surface area (Å²) in [5, 5.41) is 7.37. The molecule has 0 saturated heterocycles. The summed E-state index contributed by atoms with van der Waals surface area (Å²) in [4.78, 5) is 21.4. The Balaban J connectivity index is 2.51. The molecule has 0 unspecified atom stereocenters. The molecule has 2 amide bonds. The van der Waals surface area contributed by atoms with Crippen molar-refractivity contribution in [3.63, 3.8) is 0 Å². The van der Waals surface area contributed by atoms with Gasteiger partial charge in [0, 0.05) is 0 Å². The molecule has 0 bridgehead atoms. The van der Waals surface area contributed by atoms with Gasteiger partial charge in [0.1, 0.15) is 0 Å². The highest BCUT2D eigenvalue weighted by Crippen LogP contribution is 2.30. The van der Waals surface area contributed by atoms with Crippen molar-refractivity contribution < 1.29 is 9.59 Å². The number of nitrogens with two attached hydrogens (primary N) is 2. The van der Waals surface area contributed by atoms with E-state index in [1.807, 2.05) is 0 Å². The molecule has 0 aliphatic rings. The Bertz CT molecular complexity index is 395. The fraction of sp³-hybridized carbons (Fsp3) is 0.429. The lowest BCUT2D eigenvalue weighted by Crippen LogP contribution is -2.22. The lowest BCUT2D eigenvalue weighted by molar-refractivity contribution is -0.117. The zero-order valence-electron chi connectivity index (χ0n) is 8.37. The van der Waals surface area contributed by atoms with Crippen molar-refractivity contribution in [1.29, 1.82) is 0 Å². The Hall–Kier alpha value is -0.800. The summed E-state index contributed by atoms with van der Waals surface area (Å²) < 4.78 is 1.30. The van der Waals surface area contributed by atoms with E-state index in [4.69, 9.17) is 11.5 Å². The third kappa shape index (κ3) is 4.37. The lowest BCUT2D eigenvalue weighted by Gasteiger charge is -2.01. The highest BCUT2D eigenvalue weighted by Gasteiger charge is 2.14. The number of nitrogens with zero attached hydrogens (tertiary/aromatic N) is 2. The zero-order valence-corrected chi connectivity index (χ0v) is 10.8. The number of primary amides is 2. The molecule has 1 aromatic heterocycles. The fourth-order valence-electron chi connectivity index (χ4n) is 0.645. The Morgan fingerprint density at radius 2 is 2.00 bits per heavy atom. The molecule has 4 N–H and O–H groups in total. The highest BCUT2D eigenvalue weighted by atomic mass is 32.2. The van der Waals surface area contributed by atoms with Crippen molar-refractivity contribution in [3.05, 3.63) is 0 Å². The standard InChI is InChI=1S/C7H10N4O2S3/c1-3(5(9)13)15-7-11-10-6(16-7)14-2-4(8)12/h3H,2H2,1H3,(H2,8,12)(H2,9,13)/t3-/m0/s1. The van der Waals surface area contributed by atoms with Gasteiger partial charge in [0.2, 0.25) is 11.8 Å². The molecule has 1 heterocycles. The molecule has 1 atom stereocenters. The monoisotopic (exact) mass is 278 g/mol. The summed E-state index contributed by atoms with van der Waals surface area (Å²) in [6, 6.07) is 0. The molecule has 16 heavy (non-hydrogen) atoms. The van der Waals surface area contributed by atoms with Crippen LogP contribution in [0.1, 0.15) is 6.92 Å². The summed E-state index contributed by atoms with van der Waals surface area (Å²) in [6.45, 7) is 1.70. The quantitative estimate of drug-likeness (QED) is 0.713. The van der Waals surface area contributed by atoms with Gasteiger partial charge >= 0.3 is 0 Å². The van der Waals surface area contributed by atoms with Gasteiger partial charge in [0.25, 0.3) is 0 Å². The van der Waals surface area contributed by atoms with Crippen molar-refractivity contribution >= 4 is 46.7 Å². The molecule has 0 radical (unpaired) electrons. The Kier molecular flexibility index (Phi) is 5.03. The van der Waals surface area contributed by atoms with Crippen molar-refractivity contribution in [1.82, 2.24) is 10.2 Å². The molecule has 0 spiro atoms. The van der Waals surface area contributed by atoms with Gasteiger partial charge in [-0.15, -0.1) is 10.2 Å². The summed E-state index contributed by atoms with van der Waals surface area (Å²) in [5.74, 6) is -0.628. The van der Waals surface area contributed by atoms with Gasteiger partial charge in [-0.05, 0) is 6.92 Å². The van der Waals surface area contributed by atoms with Crippen LogP contribution in [0.2, 0.25) is 0 Å². The first-order valence-corrected chi connectivity index (χ1v) is 6.88. The second-order valence-corrected chi connectivity index (χ2v) is 6.54. The number of hydrogen-bond acceptors (Lipinski definition) is 7. The molecule has 0 aliphatic carbocycles. The van der Waals surface area contributed by atoms with Crippen LogP contribution in [-0.2, 0) is 9.59 Å². The molecule has 1 aromatic rings. The van der Waals surface area contributed by atoms with Crippen LogP contribution in [-0.4, -0.2) is 33.0 Å². The molecule has 6 nitrogen and oxygen atoms in total. The second kappa shape index (κ2) is 6.06. The molecule has 88 valence electrons. The Labute approximate surface area is 105 Å². The maximum atomic E-state index is 10.8. The number of rotatable bonds is 6. The van der Waals surface area contributed by atoms with Crippen LogP contribution < -0.4 is 11.5 Å². The minimum Gasteiger partial charge on any atom is -0.369 e. The van der Waals surface area contributed by atoms with E-state index < -0.39 is 11.8 Å². The largest absolute Gasteiger partial charge is 0.369 e. The molecular weight excluding hydrogens is 268 g/mol. The Morgan fingerprint density at radius 3 is 2.56 bits per heavy atom. The molecule has 0 saturated carbocycles. The molecule has 0 aliphatic heterocycles. The zero-order chi connectivity index (χ0) is 12.1. The first kappa shape index (κ1) is 13.3. The number of carbonyl (C=O) groups excluding carboxylic acids is 2. The normalized spacial score (nSPS) is 12.3. The van der Waals surface area contributed by atoms with Gasteiger partial charge in [-0.25, -0.2) is 0 Å². The van der Waals surface area contributed by atoms with E-state index in [1.54, 1.807) is 6.92 Å². The number of amides is 2. The van der Waals surface area contributed by atoms with Crippen LogP contribution in [0.3, 0.4) is 0 Å². The third-order valence-corrected chi connectivity index (χ3v) is 4.69. The van der Waals surface area contributed by atoms with E-state index in [0.717, 1.165) is 0 Å². The van der Waals surface area contributed by atoms with Gasteiger partial charge in [-0.1, -0.05) is 34.9 Å². The SMILES string of the molecule is C[C@H](Sc1nnc(SCC(N)=O)s1)C(N)=O. The predicted octanol–water partition coefficient (Wildman–Crippen LogP) is 0.0814. The van der Waals surface area contributed by atoms with Crippen LogP contribution >= 0.6 is 34.9 Å². The number of hydrogen-bond donors (Lipinski definition) is 2. The predicted molar refractivity (Wildman–Crippen MR) is 64.3 cm³/mol. The Morgan fingerprint density at radius 1 is 1.38 bits per heavy atom. The molecular formula is C7H10N4O2S3. The smallest absolute Gasteiger partial charge is 0.230 e. The van der Waals surface area contributed by atoms with Gasteiger partial charge in [-0.2, -0.15) is 0 Å². The average molecular weight is 278 g/mol. The molecule has 9 heteroatoms. The van der Waals surface area contributed by atoms with Crippen LogP contribution in [0, 0.1) is 0 Å². The van der Waals surface area contributed by atoms with Crippen LogP contribution in [0.15, 0.2) is 8.68 Å². The molecule has 1 rings (SSSR count). The average Bonchev–Trinajstić information content (AvgIpc) is 2.62. The van der Waals surface area contributed by atoms with E-state index in [0.29, 0.717) is 8.68 Å². The van der Waals surface area contributed by atoms with Crippen LogP contribution in [0.25, 0.3) is 0 Å².